The van der Waals surface area contributed by atoms with Crippen LogP contribution in [0.3, 0.4) is 0 Å². The van der Waals surface area contributed by atoms with Crippen LogP contribution in [-0.4, -0.2) is 49.7 Å². The van der Waals surface area contributed by atoms with Crippen LogP contribution < -0.4 is 0 Å². The topological polar surface area (TPSA) is 57.7 Å². The number of piperazine rings is 1. The fourth-order valence-corrected chi connectivity index (χ4v) is 5.36. The van der Waals surface area contributed by atoms with Gasteiger partial charge in [-0.3, -0.25) is 4.79 Å². The maximum atomic E-state index is 12.8. The average molecular weight is 478 g/mol. The Balaban J connectivity index is 1.75. The predicted octanol–water partition coefficient (Wildman–Crippen LogP) is 3.90. The van der Waals surface area contributed by atoms with Crippen molar-refractivity contribution in [2.24, 2.45) is 0 Å². The molecule has 138 valence electrons. The second-order valence-corrected chi connectivity index (χ2v) is 9.36. The molecule has 1 fully saturated rings. The molecular weight excluding hydrogens is 463 g/mol. The normalized spacial score (nSPS) is 15.9. The summed E-state index contributed by atoms with van der Waals surface area (Å²) in [5, 5.41) is 0.428. The van der Waals surface area contributed by atoms with Crippen LogP contribution >= 0.6 is 39.1 Å². The number of rotatable bonds is 3. The standard InChI is InChI=1S/C17H15BrCl2N2O3S/c18-14-4-2-1-3-13(14)17(23)21-7-9-22(10-8-21)26(24,25)16-11-12(19)5-6-15(16)20/h1-6,11H,7-10H2. The molecule has 1 aliphatic heterocycles. The van der Waals surface area contributed by atoms with Crippen molar-refractivity contribution in [2.45, 2.75) is 4.90 Å². The van der Waals surface area contributed by atoms with Crippen molar-refractivity contribution in [3.05, 3.63) is 62.5 Å². The molecule has 1 saturated heterocycles. The zero-order valence-electron chi connectivity index (χ0n) is 13.5. The zero-order chi connectivity index (χ0) is 18.9. The number of halogens is 3. The lowest BCUT2D eigenvalue weighted by atomic mass is 10.2. The van der Waals surface area contributed by atoms with E-state index in [1.54, 1.807) is 23.1 Å². The van der Waals surface area contributed by atoms with E-state index in [1.807, 2.05) is 6.07 Å². The summed E-state index contributed by atoms with van der Waals surface area (Å²) in [5.41, 5.74) is 0.557. The van der Waals surface area contributed by atoms with Crippen LogP contribution in [0.5, 0.6) is 0 Å². The Morgan fingerprint density at radius 2 is 1.65 bits per heavy atom. The summed E-state index contributed by atoms with van der Waals surface area (Å²) in [7, 11) is -3.77. The minimum atomic E-state index is -3.77. The van der Waals surface area contributed by atoms with Crippen LogP contribution in [-0.2, 0) is 10.0 Å². The number of carbonyl (C=O) groups is 1. The Bertz CT molecular complexity index is 945. The number of hydrogen-bond acceptors (Lipinski definition) is 3. The number of sulfonamides is 1. The highest BCUT2D eigenvalue weighted by atomic mass is 79.9. The van der Waals surface area contributed by atoms with Gasteiger partial charge < -0.3 is 4.90 Å². The van der Waals surface area contributed by atoms with Crippen LogP contribution in [0.25, 0.3) is 0 Å². The summed E-state index contributed by atoms with van der Waals surface area (Å²) < 4.78 is 27.7. The second-order valence-electron chi connectivity index (χ2n) is 5.75. The molecule has 0 unspecified atom stereocenters. The molecule has 0 aliphatic carbocycles. The molecule has 26 heavy (non-hydrogen) atoms. The first-order chi connectivity index (χ1) is 12.3. The van der Waals surface area contributed by atoms with Gasteiger partial charge >= 0.3 is 0 Å². The van der Waals surface area contributed by atoms with E-state index < -0.39 is 10.0 Å². The van der Waals surface area contributed by atoms with Gasteiger partial charge in [0.2, 0.25) is 10.0 Å². The Labute approximate surface area is 170 Å². The van der Waals surface area contributed by atoms with Gasteiger partial charge in [0.05, 0.1) is 10.6 Å². The molecule has 1 heterocycles. The summed E-state index contributed by atoms with van der Waals surface area (Å²) >= 11 is 15.3. The molecule has 1 amide bonds. The first kappa shape index (κ1) is 19.6. The number of hydrogen-bond donors (Lipinski definition) is 0. The Morgan fingerprint density at radius 1 is 1.00 bits per heavy atom. The smallest absolute Gasteiger partial charge is 0.255 e. The fourth-order valence-electron chi connectivity index (χ4n) is 2.75. The molecule has 0 radical (unpaired) electrons. The fraction of sp³-hybridized carbons (Fsp3) is 0.235. The van der Waals surface area contributed by atoms with Crippen LogP contribution in [0, 0.1) is 0 Å². The van der Waals surface area contributed by atoms with Crippen molar-refractivity contribution in [2.75, 3.05) is 26.2 Å². The van der Waals surface area contributed by atoms with Crippen molar-refractivity contribution in [1.82, 2.24) is 9.21 Å². The largest absolute Gasteiger partial charge is 0.336 e. The van der Waals surface area contributed by atoms with Crippen LogP contribution in [0.4, 0.5) is 0 Å². The van der Waals surface area contributed by atoms with E-state index in [9.17, 15) is 13.2 Å². The third-order valence-corrected chi connectivity index (χ3v) is 7.45. The maximum absolute atomic E-state index is 12.8. The maximum Gasteiger partial charge on any atom is 0.255 e. The lowest BCUT2D eigenvalue weighted by molar-refractivity contribution is 0.0697. The van der Waals surface area contributed by atoms with Crippen molar-refractivity contribution >= 4 is 55.1 Å². The minimum Gasteiger partial charge on any atom is -0.336 e. The van der Waals surface area contributed by atoms with Gasteiger partial charge in [0.25, 0.3) is 5.91 Å². The van der Waals surface area contributed by atoms with E-state index in [2.05, 4.69) is 15.9 Å². The van der Waals surface area contributed by atoms with Gasteiger partial charge in [-0.25, -0.2) is 8.42 Å². The van der Waals surface area contributed by atoms with Crippen LogP contribution in [0.15, 0.2) is 51.8 Å². The quantitative estimate of drug-likeness (QED) is 0.673. The highest BCUT2D eigenvalue weighted by molar-refractivity contribution is 9.10. The van der Waals surface area contributed by atoms with Crippen molar-refractivity contribution in [3.8, 4) is 0 Å². The zero-order valence-corrected chi connectivity index (χ0v) is 17.4. The van der Waals surface area contributed by atoms with Gasteiger partial charge in [-0.15, -0.1) is 0 Å². The molecule has 1 aliphatic rings. The number of amides is 1. The average Bonchev–Trinajstić information content (AvgIpc) is 2.63. The molecule has 9 heteroatoms. The Morgan fingerprint density at radius 3 is 2.31 bits per heavy atom. The molecular formula is C17H15BrCl2N2O3S. The number of carbonyl (C=O) groups excluding carboxylic acids is 1. The molecule has 0 N–H and O–H groups in total. The summed E-state index contributed by atoms with van der Waals surface area (Å²) in [4.78, 5) is 14.3. The number of nitrogens with zero attached hydrogens (tertiary/aromatic N) is 2. The minimum absolute atomic E-state index is 0.0164. The number of benzene rings is 2. The van der Waals surface area contributed by atoms with Gasteiger partial charge in [-0.05, 0) is 46.3 Å². The monoisotopic (exact) mass is 476 g/mol. The Hall–Kier alpha value is -1.12. The predicted molar refractivity (Wildman–Crippen MR) is 105 cm³/mol. The van der Waals surface area contributed by atoms with Crippen LogP contribution in [0.2, 0.25) is 10.0 Å². The molecule has 0 aromatic heterocycles. The Kier molecular flexibility index (Phi) is 5.94. The van der Waals surface area contributed by atoms with Crippen LogP contribution in [0.1, 0.15) is 10.4 Å². The summed E-state index contributed by atoms with van der Waals surface area (Å²) in [6.07, 6.45) is 0. The summed E-state index contributed by atoms with van der Waals surface area (Å²) in [6.45, 7) is 0.998. The van der Waals surface area contributed by atoms with E-state index in [0.717, 1.165) is 0 Å². The molecule has 0 saturated carbocycles. The van der Waals surface area contributed by atoms with Gasteiger partial charge in [-0.2, -0.15) is 4.31 Å². The molecule has 0 spiro atoms. The highest BCUT2D eigenvalue weighted by Crippen LogP contribution is 2.28. The van der Waals surface area contributed by atoms with Gasteiger partial charge in [-0.1, -0.05) is 35.3 Å². The first-order valence-corrected chi connectivity index (χ1v) is 10.8. The van der Waals surface area contributed by atoms with E-state index >= 15 is 0 Å². The third-order valence-electron chi connectivity index (χ3n) is 4.14. The molecule has 5 nitrogen and oxygen atoms in total. The summed E-state index contributed by atoms with van der Waals surface area (Å²) in [6, 6.07) is 11.5. The molecule has 2 aromatic rings. The van der Waals surface area contributed by atoms with E-state index in [-0.39, 0.29) is 28.9 Å². The molecule has 0 bridgehead atoms. The summed E-state index contributed by atoms with van der Waals surface area (Å²) in [5.74, 6) is -0.129. The second kappa shape index (κ2) is 7.86. The lowest BCUT2D eigenvalue weighted by Gasteiger charge is -2.34. The van der Waals surface area contributed by atoms with Crippen molar-refractivity contribution in [1.29, 1.82) is 0 Å². The van der Waals surface area contributed by atoms with Gasteiger partial charge in [0.15, 0.2) is 0 Å². The SMILES string of the molecule is O=C(c1ccccc1Br)N1CCN(S(=O)(=O)c2cc(Cl)ccc2Cl)CC1. The van der Waals surface area contributed by atoms with Crippen molar-refractivity contribution in [3.63, 3.8) is 0 Å². The molecule has 2 aromatic carbocycles. The molecule has 0 atom stereocenters. The van der Waals surface area contributed by atoms with Crippen molar-refractivity contribution < 1.29 is 13.2 Å². The highest BCUT2D eigenvalue weighted by Gasteiger charge is 2.32. The van der Waals surface area contributed by atoms with E-state index in [4.69, 9.17) is 23.2 Å². The third kappa shape index (κ3) is 3.92. The van der Waals surface area contributed by atoms with Gasteiger partial charge in [0, 0.05) is 35.7 Å². The molecule has 3 rings (SSSR count). The van der Waals surface area contributed by atoms with E-state index in [0.29, 0.717) is 28.1 Å². The first-order valence-electron chi connectivity index (χ1n) is 7.80. The van der Waals surface area contributed by atoms with E-state index in [1.165, 1.54) is 22.5 Å². The van der Waals surface area contributed by atoms with Gasteiger partial charge in [0.1, 0.15) is 4.90 Å². The lowest BCUT2D eigenvalue weighted by Crippen LogP contribution is -2.50.